The molecule has 5 heteroatoms. The molecule has 1 N–H and O–H groups in total. The number of ketones is 1. The molecule has 3 aliphatic heterocycles. The van der Waals surface area contributed by atoms with Gasteiger partial charge in [0.05, 0.1) is 16.9 Å². The summed E-state index contributed by atoms with van der Waals surface area (Å²) < 4.78 is 0. The van der Waals surface area contributed by atoms with E-state index in [1.54, 1.807) is 0 Å². The van der Waals surface area contributed by atoms with Crippen LogP contribution in [0.25, 0.3) is 0 Å². The van der Waals surface area contributed by atoms with Gasteiger partial charge in [0.25, 0.3) is 0 Å². The number of para-hydroxylation sites is 3. The van der Waals surface area contributed by atoms with E-state index in [0.29, 0.717) is 13.0 Å². The van der Waals surface area contributed by atoms with Crippen molar-refractivity contribution in [1.29, 1.82) is 0 Å². The van der Waals surface area contributed by atoms with Crippen LogP contribution in [0.3, 0.4) is 0 Å². The number of anilines is 3. The molecule has 25 heavy (non-hydrogen) atoms. The summed E-state index contributed by atoms with van der Waals surface area (Å²) in [5.41, 5.74) is 3.95. The number of carbonyl (C=O) groups excluding carboxylic acids is 1. The smallest absolute Gasteiger partial charge is 0.168 e. The maximum Gasteiger partial charge on any atom is 0.168 e. The summed E-state index contributed by atoms with van der Waals surface area (Å²) in [6.07, 6.45) is 0.328. The lowest BCUT2D eigenvalue weighted by atomic mass is 9.98. The Labute approximate surface area is 146 Å². The number of hydrogen-bond acceptors (Lipinski definition) is 5. The fourth-order valence-corrected chi connectivity index (χ4v) is 3.90. The molecule has 0 bridgehead atoms. The van der Waals surface area contributed by atoms with E-state index < -0.39 is 0 Å². The van der Waals surface area contributed by atoms with E-state index in [1.165, 1.54) is 0 Å². The lowest BCUT2D eigenvalue weighted by Crippen LogP contribution is -2.50. The van der Waals surface area contributed by atoms with Crippen LogP contribution in [0.4, 0.5) is 17.1 Å². The first-order valence-corrected chi connectivity index (χ1v) is 8.54. The van der Waals surface area contributed by atoms with Crippen molar-refractivity contribution in [3.63, 3.8) is 0 Å². The molecule has 0 aliphatic carbocycles. The summed E-state index contributed by atoms with van der Waals surface area (Å²) in [6, 6.07) is 18.3. The third kappa shape index (κ3) is 2.02. The van der Waals surface area contributed by atoms with E-state index in [1.807, 2.05) is 43.3 Å². The SMILES string of the molecule is CC1=NC2=C(C(=O)CCN2c2ccccc2)C2Nc3ccccc3N12. The van der Waals surface area contributed by atoms with Gasteiger partial charge in [-0.3, -0.25) is 4.79 Å². The second-order valence-corrected chi connectivity index (χ2v) is 6.49. The third-order valence-corrected chi connectivity index (χ3v) is 5.03. The van der Waals surface area contributed by atoms with Gasteiger partial charge in [0, 0.05) is 18.7 Å². The maximum atomic E-state index is 12.8. The number of Topliss-reactive ketones (excluding diaryl/α,β-unsaturated/α-hetero) is 1. The van der Waals surface area contributed by atoms with Crippen LogP contribution >= 0.6 is 0 Å². The van der Waals surface area contributed by atoms with Crippen LogP contribution < -0.4 is 15.1 Å². The highest BCUT2D eigenvalue weighted by Gasteiger charge is 2.43. The minimum atomic E-state index is -0.177. The zero-order valence-corrected chi connectivity index (χ0v) is 13.9. The Morgan fingerprint density at radius 3 is 2.68 bits per heavy atom. The highest BCUT2D eigenvalue weighted by atomic mass is 16.1. The van der Waals surface area contributed by atoms with Gasteiger partial charge in [-0.1, -0.05) is 30.3 Å². The first kappa shape index (κ1) is 14.3. The number of nitrogens with zero attached hydrogens (tertiary/aromatic N) is 3. The molecule has 0 spiro atoms. The summed E-state index contributed by atoms with van der Waals surface area (Å²) >= 11 is 0. The number of nitrogens with one attached hydrogen (secondary N) is 1. The second kappa shape index (κ2) is 5.21. The van der Waals surface area contributed by atoms with Crippen LogP contribution in [0.15, 0.2) is 71.0 Å². The predicted octanol–water partition coefficient (Wildman–Crippen LogP) is 3.37. The molecular weight excluding hydrogens is 312 g/mol. The minimum Gasteiger partial charge on any atom is -0.359 e. The lowest BCUT2D eigenvalue weighted by Gasteiger charge is -2.39. The summed E-state index contributed by atoms with van der Waals surface area (Å²) in [7, 11) is 0. The van der Waals surface area contributed by atoms with Crippen LogP contribution in [0.5, 0.6) is 0 Å². The Balaban J connectivity index is 1.66. The van der Waals surface area contributed by atoms with Crippen molar-refractivity contribution >= 4 is 28.7 Å². The summed E-state index contributed by atoms with van der Waals surface area (Å²) in [6.45, 7) is 2.67. The molecule has 3 heterocycles. The number of benzene rings is 2. The molecule has 0 radical (unpaired) electrons. The molecule has 0 amide bonds. The van der Waals surface area contributed by atoms with E-state index in [-0.39, 0.29) is 11.9 Å². The summed E-state index contributed by atoms with van der Waals surface area (Å²) in [5.74, 6) is 1.85. The molecule has 0 aromatic heterocycles. The number of fused-ring (bicyclic) bond motifs is 4. The zero-order chi connectivity index (χ0) is 17.0. The van der Waals surface area contributed by atoms with Gasteiger partial charge in [-0.25, -0.2) is 4.99 Å². The molecule has 5 rings (SSSR count). The Hall–Kier alpha value is -3.08. The first-order chi connectivity index (χ1) is 12.2. The number of carbonyl (C=O) groups is 1. The molecule has 2 aromatic carbocycles. The van der Waals surface area contributed by atoms with E-state index in [2.05, 4.69) is 33.3 Å². The number of aliphatic imine (C=N–C) groups is 1. The van der Waals surface area contributed by atoms with Crippen molar-refractivity contribution in [2.24, 2.45) is 4.99 Å². The van der Waals surface area contributed by atoms with E-state index in [0.717, 1.165) is 34.3 Å². The highest BCUT2D eigenvalue weighted by molar-refractivity contribution is 6.11. The van der Waals surface area contributed by atoms with Gasteiger partial charge in [0.1, 0.15) is 17.8 Å². The summed E-state index contributed by atoms with van der Waals surface area (Å²) in [4.78, 5) is 21.9. The molecular formula is C20H18N4O. The van der Waals surface area contributed by atoms with E-state index >= 15 is 0 Å². The standard InChI is InChI=1S/C20H18N4O/c1-13-21-19-18(20-22-15-9-5-6-10-16(15)24(13)20)17(25)11-12-23(19)14-7-3-2-4-8-14/h2-10,20,22H,11-12H2,1H3. The van der Waals surface area contributed by atoms with Crippen molar-refractivity contribution in [2.45, 2.75) is 19.5 Å². The van der Waals surface area contributed by atoms with E-state index in [9.17, 15) is 4.79 Å². The van der Waals surface area contributed by atoms with Gasteiger partial charge >= 0.3 is 0 Å². The van der Waals surface area contributed by atoms with Crippen LogP contribution in [-0.4, -0.2) is 24.3 Å². The average molecular weight is 330 g/mol. The largest absolute Gasteiger partial charge is 0.359 e. The fourth-order valence-electron chi connectivity index (χ4n) is 3.90. The Morgan fingerprint density at radius 1 is 1.08 bits per heavy atom. The van der Waals surface area contributed by atoms with Crippen LogP contribution in [0.2, 0.25) is 0 Å². The van der Waals surface area contributed by atoms with Gasteiger partial charge in [0.2, 0.25) is 0 Å². The second-order valence-electron chi connectivity index (χ2n) is 6.49. The molecule has 1 atom stereocenters. The van der Waals surface area contributed by atoms with Gasteiger partial charge in [0.15, 0.2) is 5.78 Å². The quantitative estimate of drug-likeness (QED) is 0.871. The van der Waals surface area contributed by atoms with Gasteiger partial charge < -0.3 is 15.1 Å². The molecule has 0 saturated carbocycles. The van der Waals surface area contributed by atoms with Crippen molar-refractivity contribution < 1.29 is 4.79 Å². The normalized spacial score (nSPS) is 21.4. The lowest BCUT2D eigenvalue weighted by molar-refractivity contribution is -0.116. The van der Waals surface area contributed by atoms with Gasteiger partial charge in [-0.2, -0.15) is 0 Å². The minimum absolute atomic E-state index is 0.175. The highest BCUT2D eigenvalue weighted by Crippen LogP contribution is 2.42. The van der Waals surface area contributed by atoms with Crippen LogP contribution in [-0.2, 0) is 4.79 Å². The zero-order valence-electron chi connectivity index (χ0n) is 13.9. The number of amidine groups is 1. The summed E-state index contributed by atoms with van der Waals surface area (Å²) in [5, 5.41) is 3.51. The number of hydrogen-bond donors (Lipinski definition) is 1. The topological polar surface area (TPSA) is 47.9 Å². The Bertz CT molecular complexity index is 932. The molecule has 3 aliphatic rings. The van der Waals surface area contributed by atoms with Gasteiger partial charge in [-0.05, 0) is 31.2 Å². The first-order valence-electron chi connectivity index (χ1n) is 8.54. The Morgan fingerprint density at radius 2 is 1.84 bits per heavy atom. The van der Waals surface area contributed by atoms with Crippen LogP contribution in [0.1, 0.15) is 13.3 Å². The van der Waals surface area contributed by atoms with Crippen LogP contribution in [0, 0.1) is 0 Å². The fraction of sp³-hybridized carbons (Fsp3) is 0.200. The maximum absolute atomic E-state index is 12.8. The Kier molecular flexibility index (Phi) is 2.98. The average Bonchev–Trinajstić information content (AvgIpc) is 3.02. The van der Waals surface area contributed by atoms with E-state index in [4.69, 9.17) is 4.99 Å². The third-order valence-electron chi connectivity index (χ3n) is 5.03. The molecule has 1 unspecified atom stereocenters. The molecule has 0 saturated heterocycles. The molecule has 5 nitrogen and oxygen atoms in total. The van der Waals surface area contributed by atoms with Crippen molar-refractivity contribution in [3.8, 4) is 0 Å². The van der Waals surface area contributed by atoms with Crippen molar-refractivity contribution in [2.75, 3.05) is 21.7 Å². The van der Waals surface area contributed by atoms with Crippen molar-refractivity contribution in [1.82, 2.24) is 0 Å². The van der Waals surface area contributed by atoms with Crippen molar-refractivity contribution in [3.05, 3.63) is 66.0 Å². The molecule has 2 aromatic rings. The molecule has 0 fully saturated rings. The monoisotopic (exact) mass is 330 g/mol. The predicted molar refractivity (Wildman–Crippen MR) is 99.9 cm³/mol. The number of rotatable bonds is 1. The molecule has 124 valence electrons. The van der Waals surface area contributed by atoms with Gasteiger partial charge in [-0.15, -0.1) is 0 Å².